The van der Waals surface area contributed by atoms with Gasteiger partial charge in [0.25, 0.3) is 5.91 Å². The van der Waals surface area contributed by atoms with Gasteiger partial charge in [-0.05, 0) is 56.4 Å². The quantitative estimate of drug-likeness (QED) is 0.731. The summed E-state index contributed by atoms with van der Waals surface area (Å²) in [6, 6.07) is 8.49. The van der Waals surface area contributed by atoms with Crippen LogP contribution in [0.5, 0.6) is 0 Å². The number of primary amides is 1. The van der Waals surface area contributed by atoms with Crippen molar-refractivity contribution in [1.82, 2.24) is 15.2 Å². The molecule has 1 aliphatic carbocycles. The van der Waals surface area contributed by atoms with E-state index in [4.69, 9.17) is 5.73 Å². The third kappa shape index (κ3) is 3.54. The Morgan fingerprint density at radius 3 is 2.42 bits per heavy atom. The predicted octanol–water partition coefficient (Wildman–Crippen LogP) is 2.28. The predicted molar refractivity (Wildman–Crippen MR) is 101 cm³/mol. The van der Waals surface area contributed by atoms with Crippen molar-refractivity contribution in [3.63, 3.8) is 0 Å². The lowest BCUT2D eigenvalue weighted by molar-refractivity contribution is 0.0995. The van der Waals surface area contributed by atoms with Crippen molar-refractivity contribution in [2.75, 3.05) is 28.6 Å². The molecule has 4 rings (SSSR count). The van der Waals surface area contributed by atoms with E-state index in [1.54, 1.807) is 0 Å². The maximum atomic E-state index is 11.6. The molecule has 2 aliphatic rings. The second-order valence-electron chi connectivity index (χ2n) is 6.84. The molecule has 1 aliphatic heterocycles. The number of carbonyl (C=O) groups is 1. The molecule has 1 saturated carbocycles. The number of carbonyl (C=O) groups excluding carboxylic acids is 1. The van der Waals surface area contributed by atoms with Crippen molar-refractivity contribution < 1.29 is 4.79 Å². The Hall–Kier alpha value is -2.90. The number of nitrogens with zero attached hydrogens (tertiary/aromatic N) is 4. The molecular formula is C18H23N7O. The molecule has 8 nitrogen and oxygen atoms in total. The van der Waals surface area contributed by atoms with E-state index in [-0.39, 0.29) is 5.69 Å². The largest absolute Gasteiger partial charge is 0.372 e. The highest BCUT2D eigenvalue weighted by Gasteiger charge is 2.22. The lowest BCUT2D eigenvalue weighted by Crippen LogP contribution is -2.30. The molecule has 2 aromatic rings. The average Bonchev–Trinajstić information content (AvgIpc) is 3.13. The number of rotatable bonds is 6. The fourth-order valence-corrected chi connectivity index (χ4v) is 3.25. The van der Waals surface area contributed by atoms with E-state index < -0.39 is 5.91 Å². The number of nitrogens with one attached hydrogen (secondary N) is 2. The molecule has 0 radical (unpaired) electrons. The number of nitrogens with two attached hydrogens (primary N) is 1. The first-order valence-corrected chi connectivity index (χ1v) is 9.12. The Bertz CT molecular complexity index is 783. The summed E-state index contributed by atoms with van der Waals surface area (Å²) in [4.78, 5) is 18.3. The van der Waals surface area contributed by atoms with E-state index in [1.807, 2.05) is 12.1 Å². The number of benzene rings is 1. The minimum absolute atomic E-state index is 0.0758. The molecule has 0 unspecified atom stereocenters. The van der Waals surface area contributed by atoms with E-state index >= 15 is 0 Å². The molecule has 2 fully saturated rings. The fourth-order valence-electron chi connectivity index (χ4n) is 3.25. The van der Waals surface area contributed by atoms with Crippen LogP contribution in [-0.2, 0) is 0 Å². The molecule has 0 atom stereocenters. The van der Waals surface area contributed by atoms with Crippen molar-refractivity contribution >= 4 is 29.0 Å². The van der Waals surface area contributed by atoms with Gasteiger partial charge in [0.1, 0.15) is 0 Å². The van der Waals surface area contributed by atoms with Gasteiger partial charge in [0.05, 0.1) is 0 Å². The molecule has 0 spiro atoms. The third-order valence-electron chi connectivity index (χ3n) is 4.96. The van der Waals surface area contributed by atoms with Crippen LogP contribution in [0.2, 0.25) is 0 Å². The van der Waals surface area contributed by atoms with Gasteiger partial charge in [0.15, 0.2) is 11.5 Å². The molecule has 1 saturated heterocycles. The molecule has 2 heterocycles. The normalized spacial score (nSPS) is 17.0. The number of amides is 1. The molecule has 4 N–H and O–H groups in total. The minimum Gasteiger partial charge on any atom is -0.372 e. The molecule has 1 aromatic carbocycles. The Morgan fingerprint density at radius 1 is 1.08 bits per heavy atom. The Kier molecular flexibility index (Phi) is 4.55. The van der Waals surface area contributed by atoms with Gasteiger partial charge in [-0.1, -0.05) is 0 Å². The summed E-state index contributed by atoms with van der Waals surface area (Å²) in [5, 5.41) is 14.3. The van der Waals surface area contributed by atoms with E-state index in [2.05, 4.69) is 42.8 Å². The van der Waals surface area contributed by atoms with Gasteiger partial charge in [0, 0.05) is 30.5 Å². The second-order valence-corrected chi connectivity index (χ2v) is 6.84. The van der Waals surface area contributed by atoms with Crippen molar-refractivity contribution in [1.29, 1.82) is 0 Å². The Balaban J connectivity index is 1.49. The maximum Gasteiger partial charge on any atom is 0.273 e. The highest BCUT2D eigenvalue weighted by atomic mass is 16.1. The second kappa shape index (κ2) is 7.15. The monoisotopic (exact) mass is 353 g/mol. The highest BCUT2D eigenvalue weighted by Crippen LogP contribution is 2.25. The summed E-state index contributed by atoms with van der Waals surface area (Å²) in [5.74, 6) is 0.104. The summed E-state index contributed by atoms with van der Waals surface area (Å²) in [6.45, 7) is 2.23. The lowest BCUT2D eigenvalue weighted by atomic mass is 9.93. The Labute approximate surface area is 152 Å². The summed E-state index contributed by atoms with van der Waals surface area (Å²) >= 11 is 0. The van der Waals surface area contributed by atoms with Crippen LogP contribution in [0.15, 0.2) is 24.3 Å². The van der Waals surface area contributed by atoms with Crippen molar-refractivity contribution in [2.45, 2.75) is 38.1 Å². The topological polar surface area (TPSA) is 109 Å². The standard InChI is InChI=1S/C18H23N7O/c19-16(26)15-17(20-12-4-3-5-12)22-18(24-23-15)21-13-6-8-14(9-7-13)25-10-1-2-11-25/h6-9,12H,1-5,10-11H2,(H2,19,26)(H2,20,21,22,24). The van der Waals surface area contributed by atoms with Gasteiger partial charge in [-0.3, -0.25) is 4.79 Å². The molecule has 26 heavy (non-hydrogen) atoms. The zero-order valence-corrected chi connectivity index (χ0v) is 14.6. The van der Waals surface area contributed by atoms with E-state index in [9.17, 15) is 4.79 Å². The van der Waals surface area contributed by atoms with Crippen LogP contribution in [0.25, 0.3) is 0 Å². The average molecular weight is 353 g/mol. The van der Waals surface area contributed by atoms with Crippen molar-refractivity contribution in [3.05, 3.63) is 30.0 Å². The SMILES string of the molecule is NC(=O)c1nnc(Nc2ccc(N3CCCC3)cc2)nc1NC1CCC1. The molecule has 136 valence electrons. The van der Waals surface area contributed by atoms with E-state index in [0.29, 0.717) is 17.8 Å². The lowest BCUT2D eigenvalue weighted by Gasteiger charge is -2.27. The number of hydrogen-bond donors (Lipinski definition) is 3. The number of aromatic nitrogens is 3. The third-order valence-corrected chi connectivity index (χ3v) is 4.96. The van der Waals surface area contributed by atoms with Crippen LogP contribution in [0.1, 0.15) is 42.6 Å². The number of hydrogen-bond acceptors (Lipinski definition) is 7. The zero-order valence-electron chi connectivity index (χ0n) is 14.6. The molecule has 0 bridgehead atoms. The number of anilines is 4. The summed E-state index contributed by atoms with van der Waals surface area (Å²) in [5.41, 5.74) is 7.55. The molecule has 1 aromatic heterocycles. The fraction of sp³-hybridized carbons (Fsp3) is 0.444. The first-order chi connectivity index (χ1) is 12.7. The van der Waals surface area contributed by atoms with Gasteiger partial charge in [0.2, 0.25) is 5.95 Å². The highest BCUT2D eigenvalue weighted by molar-refractivity contribution is 5.95. The van der Waals surface area contributed by atoms with Gasteiger partial charge in [-0.25, -0.2) is 0 Å². The van der Waals surface area contributed by atoms with Crippen LogP contribution in [0.4, 0.5) is 23.1 Å². The van der Waals surface area contributed by atoms with Crippen LogP contribution >= 0.6 is 0 Å². The summed E-state index contributed by atoms with van der Waals surface area (Å²) < 4.78 is 0. The van der Waals surface area contributed by atoms with Crippen LogP contribution < -0.4 is 21.3 Å². The first kappa shape index (κ1) is 16.6. The van der Waals surface area contributed by atoms with Crippen LogP contribution in [-0.4, -0.2) is 40.2 Å². The minimum atomic E-state index is -0.631. The Morgan fingerprint density at radius 2 is 1.81 bits per heavy atom. The van der Waals surface area contributed by atoms with Crippen molar-refractivity contribution in [2.24, 2.45) is 5.73 Å². The first-order valence-electron chi connectivity index (χ1n) is 9.12. The van der Waals surface area contributed by atoms with Gasteiger partial charge in [-0.15, -0.1) is 10.2 Å². The maximum absolute atomic E-state index is 11.6. The van der Waals surface area contributed by atoms with Gasteiger partial charge >= 0.3 is 0 Å². The van der Waals surface area contributed by atoms with Gasteiger partial charge in [-0.2, -0.15) is 4.98 Å². The molecule has 1 amide bonds. The van der Waals surface area contributed by atoms with Crippen molar-refractivity contribution in [3.8, 4) is 0 Å². The summed E-state index contributed by atoms with van der Waals surface area (Å²) in [6.07, 6.45) is 5.80. The molecule has 8 heteroatoms. The molecular weight excluding hydrogens is 330 g/mol. The summed E-state index contributed by atoms with van der Waals surface area (Å²) in [7, 11) is 0. The van der Waals surface area contributed by atoms with Crippen LogP contribution in [0.3, 0.4) is 0 Å². The van der Waals surface area contributed by atoms with E-state index in [1.165, 1.54) is 24.9 Å². The smallest absolute Gasteiger partial charge is 0.273 e. The zero-order chi connectivity index (χ0) is 17.9. The van der Waals surface area contributed by atoms with Gasteiger partial charge < -0.3 is 21.3 Å². The van der Waals surface area contributed by atoms with Crippen LogP contribution in [0, 0.1) is 0 Å². The van der Waals surface area contributed by atoms with E-state index in [0.717, 1.165) is 31.6 Å².